The minimum atomic E-state index is -0.904. The van der Waals surface area contributed by atoms with Gasteiger partial charge in [0.15, 0.2) is 6.79 Å². The standard InChI is InChI=1S/C24H23N5O4/c1-15-9-19-10-17(7-8-29(19)27-15)16-3-4-20(23(11-16)33-14-32-2)22-6-5-21(25-26-22)18-12-28(13-18)24(30)31/h3-11,18H,12-14H2,1-2H3,(H,30,31). The van der Waals surface area contributed by atoms with Gasteiger partial charge in [-0.05, 0) is 60.5 Å². The molecule has 0 aliphatic carbocycles. The number of carbonyl (C=O) groups is 1. The van der Waals surface area contributed by atoms with Crippen molar-refractivity contribution >= 4 is 11.6 Å². The molecule has 4 aromatic rings. The van der Waals surface area contributed by atoms with Gasteiger partial charge in [-0.25, -0.2) is 9.31 Å². The molecule has 9 nitrogen and oxygen atoms in total. The summed E-state index contributed by atoms with van der Waals surface area (Å²) in [6.45, 7) is 2.97. The molecule has 0 spiro atoms. The zero-order chi connectivity index (χ0) is 22.9. The molecule has 3 aromatic heterocycles. The number of hydrogen-bond acceptors (Lipinski definition) is 6. The van der Waals surface area contributed by atoms with Gasteiger partial charge in [-0.3, -0.25) is 0 Å². The van der Waals surface area contributed by atoms with Gasteiger partial charge in [0.05, 0.1) is 22.6 Å². The van der Waals surface area contributed by atoms with Crippen molar-refractivity contribution in [1.82, 2.24) is 24.7 Å². The molecule has 1 N–H and O–H groups in total. The molecule has 0 saturated carbocycles. The lowest BCUT2D eigenvalue weighted by atomic mass is 9.96. The number of amides is 1. The number of aromatic nitrogens is 4. The Bertz CT molecular complexity index is 1310. The van der Waals surface area contributed by atoms with Gasteiger partial charge in [0, 0.05) is 37.9 Å². The quantitative estimate of drug-likeness (QED) is 0.450. The number of ether oxygens (including phenoxy) is 2. The molecule has 5 rings (SSSR count). The molecule has 33 heavy (non-hydrogen) atoms. The molecule has 1 aliphatic rings. The smallest absolute Gasteiger partial charge is 0.407 e. The molecular formula is C24H23N5O4. The highest BCUT2D eigenvalue weighted by Gasteiger charge is 2.32. The first-order valence-electron chi connectivity index (χ1n) is 10.6. The molecule has 0 atom stereocenters. The maximum Gasteiger partial charge on any atom is 0.407 e. The van der Waals surface area contributed by atoms with Crippen molar-refractivity contribution in [3.8, 4) is 28.1 Å². The van der Waals surface area contributed by atoms with Crippen LogP contribution in [0, 0.1) is 6.92 Å². The summed E-state index contributed by atoms with van der Waals surface area (Å²) in [6, 6.07) is 15.9. The van der Waals surface area contributed by atoms with Gasteiger partial charge in [0.1, 0.15) is 5.75 Å². The van der Waals surface area contributed by atoms with E-state index in [-0.39, 0.29) is 12.7 Å². The lowest BCUT2D eigenvalue weighted by Gasteiger charge is -2.36. The van der Waals surface area contributed by atoms with Crippen molar-refractivity contribution < 1.29 is 19.4 Å². The van der Waals surface area contributed by atoms with Crippen LogP contribution in [-0.2, 0) is 4.74 Å². The first kappa shape index (κ1) is 20.9. The van der Waals surface area contributed by atoms with Gasteiger partial charge in [-0.2, -0.15) is 15.3 Å². The van der Waals surface area contributed by atoms with Crippen molar-refractivity contribution in [2.75, 3.05) is 27.0 Å². The minimum Gasteiger partial charge on any atom is -0.467 e. The van der Waals surface area contributed by atoms with Gasteiger partial charge in [0.2, 0.25) is 0 Å². The molecule has 1 amide bonds. The van der Waals surface area contributed by atoms with Crippen LogP contribution in [0.15, 0.2) is 54.7 Å². The normalized spacial score (nSPS) is 13.8. The highest BCUT2D eigenvalue weighted by Crippen LogP contribution is 2.34. The number of hydrogen-bond donors (Lipinski definition) is 1. The molecule has 1 saturated heterocycles. The third-order valence-electron chi connectivity index (χ3n) is 5.76. The first-order valence-corrected chi connectivity index (χ1v) is 10.6. The van der Waals surface area contributed by atoms with E-state index >= 15 is 0 Å². The fourth-order valence-corrected chi connectivity index (χ4v) is 3.98. The van der Waals surface area contributed by atoms with Crippen LogP contribution in [0.3, 0.4) is 0 Å². The van der Waals surface area contributed by atoms with E-state index in [1.165, 1.54) is 4.90 Å². The summed E-state index contributed by atoms with van der Waals surface area (Å²) in [5, 5.41) is 22.2. The van der Waals surface area contributed by atoms with Crippen molar-refractivity contribution in [1.29, 1.82) is 0 Å². The third-order valence-corrected chi connectivity index (χ3v) is 5.76. The minimum absolute atomic E-state index is 0.0799. The molecule has 9 heteroatoms. The van der Waals surface area contributed by atoms with Crippen LogP contribution in [0.25, 0.3) is 27.9 Å². The number of rotatable bonds is 6. The van der Waals surface area contributed by atoms with Crippen LogP contribution in [0.5, 0.6) is 5.75 Å². The molecule has 1 aromatic carbocycles. The van der Waals surface area contributed by atoms with Crippen molar-refractivity contribution in [3.05, 3.63) is 66.1 Å². The molecule has 1 aliphatic heterocycles. The predicted molar refractivity (Wildman–Crippen MR) is 121 cm³/mol. The van der Waals surface area contributed by atoms with Crippen LogP contribution in [0.1, 0.15) is 17.3 Å². The zero-order valence-electron chi connectivity index (χ0n) is 18.3. The Labute approximate surface area is 190 Å². The maximum absolute atomic E-state index is 11.0. The van der Waals surface area contributed by atoms with E-state index < -0.39 is 6.09 Å². The number of aryl methyl sites for hydroxylation is 1. The Hall–Kier alpha value is -3.98. The van der Waals surface area contributed by atoms with Gasteiger partial charge in [-0.15, -0.1) is 0 Å². The van der Waals surface area contributed by atoms with Gasteiger partial charge < -0.3 is 19.5 Å². The number of carboxylic acid groups (broad SMARTS) is 1. The molecule has 0 unspecified atom stereocenters. The number of benzene rings is 1. The maximum atomic E-state index is 11.0. The number of pyridine rings is 1. The van der Waals surface area contributed by atoms with E-state index in [1.807, 2.05) is 60.1 Å². The average molecular weight is 445 g/mol. The van der Waals surface area contributed by atoms with Crippen LogP contribution < -0.4 is 4.74 Å². The van der Waals surface area contributed by atoms with Gasteiger partial charge >= 0.3 is 6.09 Å². The predicted octanol–water partition coefficient (Wildman–Crippen LogP) is 3.83. The number of likely N-dealkylation sites (tertiary alicyclic amines) is 1. The Morgan fingerprint density at radius 1 is 1.09 bits per heavy atom. The number of fused-ring (bicyclic) bond motifs is 1. The monoisotopic (exact) mass is 445 g/mol. The first-order chi connectivity index (χ1) is 16.0. The molecule has 0 radical (unpaired) electrons. The van der Waals surface area contributed by atoms with Crippen molar-refractivity contribution in [2.24, 2.45) is 0 Å². The third kappa shape index (κ3) is 4.10. The second kappa shape index (κ2) is 8.51. The molecule has 168 valence electrons. The zero-order valence-corrected chi connectivity index (χ0v) is 18.3. The second-order valence-electron chi connectivity index (χ2n) is 8.06. The Morgan fingerprint density at radius 3 is 2.64 bits per heavy atom. The fourth-order valence-electron chi connectivity index (χ4n) is 3.98. The van der Waals surface area contributed by atoms with E-state index in [1.54, 1.807) is 7.11 Å². The summed E-state index contributed by atoms with van der Waals surface area (Å²) in [7, 11) is 1.58. The summed E-state index contributed by atoms with van der Waals surface area (Å²) in [6.07, 6.45) is 1.04. The molecule has 1 fully saturated rings. The lowest BCUT2D eigenvalue weighted by molar-refractivity contribution is 0.0515. The SMILES string of the molecule is COCOc1cc(-c2ccn3nc(C)cc3c2)ccc1-c1ccc(C2CN(C(=O)O)C2)nn1. The van der Waals surface area contributed by atoms with Crippen LogP contribution >= 0.6 is 0 Å². The summed E-state index contributed by atoms with van der Waals surface area (Å²) < 4.78 is 12.8. The summed E-state index contributed by atoms with van der Waals surface area (Å²) in [5.41, 5.74) is 6.30. The van der Waals surface area contributed by atoms with E-state index in [9.17, 15) is 4.79 Å². The Kier molecular flexibility index (Phi) is 5.39. The van der Waals surface area contributed by atoms with E-state index in [0.29, 0.717) is 24.5 Å². The van der Waals surface area contributed by atoms with E-state index in [2.05, 4.69) is 21.4 Å². The fraction of sp³-hybridized carbons (Fsp3) is 0.250. The largest absolute Gasteiger partial charge is 0.467 e. The van der Waals surface area contributed by atoms with Crippen molar-refractivity contribution in [3.63, 3.8) is 0 Å². The topological polar surface area (TPSA) is 102 Å². The van der Waals surface area contributed by atoms with Gasteiger partial charge in [0.25, 0.3) is 0 Å². The van der Waals surface area contributed by atoms with Gasteiger partial charge in [-0.1, -0.05) is 6.07 Å². The van der Waals surface area contributed by atoms with Crippen LogP contribution in [0.4, 0.5) is 4.79 Å². The average Bonchev–Trinajstić information content (AvgIpc) is 3.16. The number of methoxy groups -OCH3 is 1. The second-order valence-corrected chi connectivity index (χ2v) is 8.06. The van der Waals surface area contributed by atoms with Crippen molar-refractivity contribution in [2.45, 2.75) is 12.8 Å². The van der Waals surface area contributed by atoms with Crippen LogP contribution in [-0.4, -0.2) is 62.9 Å². The molecular weight excluding hydrogens is 422 g/mol. The van der Waals surface area contributed by atoms with E-state index in [4.69, 9.17) is 14.6 Å². The Balaban J connectivity index is 1.43. The molecule has 0 bridgehead atoms. The highest BCUT2D eigenvalue weighted by atomic mass is 16.7. The highest BCUT2D eigenvalue weighted by molar-refractivity contribution is 5.76. The Morgan fingerprint density at radius 2 is 1.91 bits per heavy atom. The van der Waals surface area contributed by atoms with E-state index in [0.717, 1.165) is 33.6 Å². The number of nitrogens with zero attached hydrogens (tertiary/aromatic N) is 5. The summed E-state index contributed by atoms with van der Waals surface area (Å²) >= 11 is 0. The summed E-state index contributed by atoms with van der Waals surface area (Å²) in [5.74, 6) is 0.720. The summed E-state index contributed by atoms with van der Waals surface area (Å²) in [4.78, 5) is 12.3. The molecule has 4 heterocycles. The van der Waals surface area contributed by atoms with Crippen LogP contribution in [0.2, 0.25) is 0 Å². The lowest BCUT2D eigenvalue weighted by Crippen LogP contribution is -2.48.